The van der Waals surface area contributed by atoms with E-state index in [1.165, 1.54) is 19.3 Å². The first-order valence-corrected chi connectivity index (χ1v) is 6.27. The van der Waals surface area contributed by atoms with Crippen LogP contribution >= 0.6 is 0 Å². The van der Waals surface area contributed by atoms with Gasteiger partial charge in [-0.15, -0.1) is 0 Å². The summed E-state index contributed by atoms with van der Waals surface area (Å²) in [6.45, 7) is 9.47. The number of rotatable bonds is 4. The van der Waals surface area contributed by atoms with Crippen molar-refractivity contribution < 1.29 is 0 Å². The van der Waals surface area contributed by atoms with Crippen molar-refractivity contribution in [3.8, 4) is 0 Å². The minimum Gasteiger partial charge on any atom is -0.313 e. The van der Waals surface area contributed by atoms with Crippen LogP contribution in [0, 0.1) is 11.3 Å². The van der Waals surface area contributed by atoms with Crippen molar-refractivity contribution in [1.29, 1.82) is 0 Å². The SMILES string of the molecule is CC1CC(NCCN(C)C)CC(C)(C)C1. The second kappa shape index (κ2) is 5.31. The third-order valence-electron chi connectivity index (χ3n) is 3.38. The molecule has 0 bridgehead atoms. The van der Waals surface area contributed by atoms with Crippen LogP contribution in [0.15, 0.2) is 0 Å². The summed E-state index contributed by atoms with van der Waals surface area (Å²) in [6.07, 6.45) is 4.08. The van der Waals surface area contributed by atoms with Crippen molar-refractivity contribution in [2.45, 2.75) is 46.1 Å². The normalized spacial score (nSPS) is 30.8. The van der Waals surface area contributed by atoms with Crippen molar-refractivity contribution in [1.82, 2.24) is 10.2 Å². The Bertz CT molecular complexity index is 187. The van der Waals surface area contributed by atoms with Gasteiger partial charge in [-0.1, -0.05) is 20.8 Å². The third kappa shape index (κ3) is 4.98. The van der Waals surface area contributed by atoms with E-state index in [0.29, 0.717) is 5.41 Å². The van der Waals surface area contributed by atoms with Crippen LogP contribution in [0.4, 0.5) is 0 Å². The molecule has 0 saturated heterocycles. The molecule has 0 radical (unpaired) electrons. The Kier molecular flexibility index (Phi) is 4.60. The predicted molar refractivity (Wildman–Crippen MR) is 67.1 cm³/mol. The van der Waals surface area contributed by atoms with E-state index in [1.54, 1.807) is 0 Å². The van der Waals surface area contributed by atoms with E-state index >= 15 is 0 Å². The quantitative estimate of drug-likeness (QED) is 0.769. The Morgan fingerprint density at radius 2 is 1.93 bits per heavy atom. The molecule has 2 unspecified atom stereocenters. The molecule has 0 aromatic rings. The van der Waals surface area contributed by atoms with Crippen LogP contribution in [-0.4, -0.2) is 38.1 Å². The van der Waals surface area contributed by atoms with Gasteiger partial charge in [-0.2, -0.15) is 0 Å². The predicted octanol–water partition coefficient (Wildman–Crippen LogP) is 2.35. The molecule has 0 aromatic carbocycles. The third-order valence-corrected chi connectivity index (χ3v) is 3.38. The van der Waals surface area contributed by atoms with Crippen LogP contribution in [0.25, 0.3) is 0 Å². The van der Waals surface area contributed by atoms with Crippen LogP contribution in [0.2, 0.25) is 0 Å². The molecule has 1 fully saturated rings. The first-order chi connectivity index (χ1) is 6.89. The average Bonchev–Trinajstić information content (AvgIpc) is 1.98. The van der Waals surface area contributed by atoms with Gasteiger partial charge in [0.15, 0.2) is 0 Å². The molecule has 1 aliphatic carbocycles. The van der Waals surface area contributed by atoms with Gasteiger partial charge in [0, 0.05) is 19.1 Å². The Morgan fingerprint density at radius 3 is 2.47 bits per heavy atom. The molecule has 2 atom stereocenters. The summed E-state index contributed by atoms with van der Waals surface area (Å²) in [6, 6.07) is 0.740. The first kappa shape index (κ1) is 13.0. The molecular formula is C13H28N2. The van der Waals surface area contributed by atoms with Gasteiger partial charge in [0.1, 0.15) is 0 Å². The summed E-state index contributed by atoms with van der Waals surface area (Å²) >= 11 is 0. The van der Waals surface area contributed by atoms with Gasteiger partial charge in [0.05, 0.1) is 0 Å². The maximum atomic E-state index is 3.70. The van der Waals surface area contributed by atoms with E-state index in [2.05, 4.69) is 45.1 Å². The maximum Gasteiger partial charge on any atom is 0.0101 e. The fourth-order valence-corrected chi connectivity index (χ4v) is 2.99. The van der Waals surface area contributed by atoms with Gasteiger partial charge in [0.25, 0.3) is 0 Å². The molecule has 0 aromatic heterocycles. The van der Waals surface area contributed by atoms with Crippen molar-refractivity contribution in [3.05, 3.63) is 0 Å². The molecule has 1 aliphatic rings. The summed E-state index contributed by atoms with van der Waals surface area (Å²) in [7, 11) is 4.27. The van der Waals surface area contributed by atoms with Crippen molar-refractivity contribution in [2.24, 2.45) is 11.3 Å². The summed E-state index contributed by atoms with van der Waals surface area (Å²) in [4.78, 5) is 2.24. The zero-order chi connectivity index (χ0) is 11.5. The van der Waals surface area contributed by atoms with Gasteiger partial charge in [-0.3, -0.25) is 0 Å². The van der Waals surface area contributed by atoms with E-state index < -0.39 is 0 Å². The smallest absolute Gasteiger partial charge is 0.0101 e. The van der Waals surface area contributed by atoms with E-state index in [9.17, 15) is 0 Å². The Balaban J connectivity index is 2.29. The summed E-state index contributed by atoms with van der Waals surface area (Å²) in [5.41, 5.74) is 0.535. The van der Waals surface area contributed by atoms with Gasteiger partial charge in [-0.25, -0.2) is 0 Å². The molecule has 1 N–H and O–H groups in total. The molecule has 2 heteroatoms. The molecule has 90 valence electrons. The second-order valence-electron chi connectivity index (χ2n) is 6.37. The van der Waals surface area contributed by atoms with E-state index in [1.807, 2.05) is 0 Å². The molecule has 1 saturated carbocycles. The molecular weight excluding hydrogens is 184 g/mol. The Morgan fingerprint density at radius 1 is 1.27 bits per heavy atom. The minimum absolute atomic E-state index is 0.535. The Hall–Kier alpha value is -0.0800. The lowest BCUT2D eigenvalue weighted by Gasteiger charge is -2.39. The highest BCUT2D eigenvalue weighted by Gasteiger charge is 2.31. The zero-order valence-electron chi connectivity index (χ0n) is 11.1. The Labute approximate surface area is 95.4 Å². The topological polar surface area (TPSA) is 15.3 Å². The molecule has 0 heterocycles. The summed E-state index contributed by atoms with van der Waals surface area (Å²) in [5, 5.41) is 3.70. The van der Waals surface area contributed by atoms with Crippen LogP contribution in [0.5, 0.6) is 0 Å². The largest absolute Gasteiger partial charge is 0.313 e. The van der Waals surface area contributed by atoms with Gasteiger partial charge in [0.2, 0.25) is 0 Å². The summed E-state index contributed by atoms with van der Waals surface area (Å²) < 4.78 is 0. The van der Waals surface area contributed by atoms with Crippen molar-refractivity contribution in [3.63, 3.8) is 0 Å². The molecule has 0 aliphatic heterocycles. The molecule has 0 spiro atoms. The van der Waals surface area contributed by atoms with Gasteiger partial charge < -0.3 is 10.2 Å². The van der Waals surface area contributed by atoms with Crippen LogP contribution in [0.1, 0.15) is 40.0 Å². The lowest BCUT2D eigenvalue weighted by atomic mass is 9.70. The number of likely N-dealkylation sites (N-methyl/N-ethyl adjacent to an activating group) is 1. The zero-order valence-corrected chi connectivity index (χ0v) is 11.1. The number of hydrogen-bond acceptors (Lipinski definition) is 2. The van der Waals surface area contributed by atoms with E-state index in [-0.39, 0.29) is 0 Å². The van der Waals surface area contributed by atoms with Crippen LogP contribution in [0.3, 0.4) is 0 Å². The molecule has 0 amide bonds. The minimum atomic E-state index is 0.535. The van der Waals surface area contributed by atoms with Gasteiger partial charge >= 0.3 is 0 Å². The van der Waals surface area contributed by atoms with E-state index in [0.717, 1.165) is 25.0 Å². The highest BCUT2D eigenvalue weighted by molar-refractivity contribution is 4.86. The monoisotopic (exact) mass is 212 g/mol. The first-order valence-electron chi connectivity index (χ1n) is 6.27. The lowest BCUT2D eigenvalue weighted by Crippen LogP contribution is -2.42. The highest BCUT2D eigenvalue weighted by atomic mass is 15.1. The van der Waals surface area contributed by atoms with Gasteiger partial charge in [-0.05, 0) is 44.7 Å². The molecule has 1 rings (SSSR count). The van der Waals surface area contributed by atoms with E-state index in [4.69, 9.17) is 0 Å². The molecule has 15 heavy (non-hydrogen) atoms. The standard InChI is InChI=1S/C13H28N2/c1-11-8-12(10-13(2,3)9-11)14-6-7-15(4)5/h11-12,14H,6-10H2,1-5H3. The lowest BCUT2D eigenvalue weighted by molar-refractivity contribution is 0.150. The molecule has 2 nitrogen and oxygen atoms in total. The highest BCUT2D eigenvalue weighted by Crippen LogP contribution is 2.38. The summed E-state index contributed by atoms with van der Waals surface area (Å²) in [5.74, 6) is 0.880. The second-order valence-corrected chi connectivity index (χ2v) is 6.37. The number of hydrogen-bond donors (Lipinski definition) is 1. The number of nitrogens with one attached hydrogen (secondary N) is 1. The van der Waals surface area contributed by atoms with Crippen molar-refractivity contribution in [2.75, 3.05) is 27.2 Å². The van der Waals surface area contributed by atoms with Crippen LogP contribution < -0.4 is 5.32 Å². The maximum absolute atomic E-state index is 3.70. The fraction of sp³-hybridized carbons (Fsp3) is 1.00. The van der Waals surface area contributed by atoms with Crippen LogP contribution in [-0.2, 0) is 0 Å². The average molecular weight is 212 g/mol. The number of nitrogens with zero attached hydrogens (tertiary/aromatic N) is 1. The van der Waals surface area contributed by atoms with Crippen molar-refractivity contribution >= 4 is 0 Å². The fourth-order valence-electron chi connectivity index (χ4n) is 2.99.